The minimum atomic E-state index is -3.51. The molecule has 7 nitrogen and oxygen atoms in total. The third-order valence-corrected chi connectivity index (χ3v) is 2.86. The van der Waals surface area contributed by atoms with Crippen molar-refractivity contribution >= 4 is 27.6 Å². The van der Waals surface area contributed by atoms with Crippen LogP contribution in [-0.4, -0.2) is 52.2 Å². The molecule has 0 aromatic heterocycles. The summed E-state index contributed by atoms with van der Waals surface area (Å²) in [7, 11) is -0.437. The Balaban J connectivity index is 2.86. The summed E-state index contributed by atoms with van der Waals surface area (Å²) < 4.78 is 29.5. The number of anilines is 1. The first-order valence-corrected chi connectivity index (χ1v) is 7.54. The Morgan fingerprint density at radius 1 is 1.25 bits per heavy atom. The van der Waals surface area contributed by atoms with Crippen molar-refractivity contribution in [1.29, 1.82) is 0 Å². The van der Waals surface area contributed by atoms with Gasteiger partial charge in [0.25, 0.3) is 5.91 Å². The summed E-state index contributed by atoms with van der Waals surface area (Å²) in [6.45, 7) is -0.404. The molecule has 1 amide bonds. The van der Waals surface area contributed by atoms with Crippen molar-refractivity contribution in [2.75, 3.05) is 31.7 Å². The summed E-state index contributed by atoms with van der Waals surface area (Å²) in [5, 5.41) is 0. The Labute approximate surface area is 117 Å². The number of benzene rings is 1. The highest BCUT2D eigenvalue weighted by Crippen LogP contribution is 2.17. The van der Waals surface area contributed by atoms with E-state index in [2.05, 4.69) is 4.72 Å². The second-order valence-corrected chi connectivity index (χ2v) is 6.03. The van der Waals surface area contributed by atoms with Crippen molar-refractivity contribution in [3.63, 3.8) is 0 Å². The number of para-hydroxylation sites is 1. The molecule has 0 saturated carbocycles. The number of hydrogen-bond donors (Lipinski definition) is 1. The average Bonchev–Trinajstić information content (AvgIpc) is 2.34. The lowest BCUT2D eigenvalue weighted by atomic mass is 10.2. The molecule has 0 saturated heterocycles. The van der Waals surface area contributed by atoms with Crippen LogP contribution < -0.4 is 4.72 Å². The molecular weight excluding hydrogens is 284 g/mol. The Bertz CT molecular complexity index is 610. The van der Waals surface area contributed by atoms with Crippen molar-refractivity contribution in [1.82, 2.24) is 4.90 Å². The number of esters is 1. The largest absolute Gasteiger partial charge is 0.452 e. The SMILES string of the molecule is CN(C)C(=O)COC(=O)c1ccccc1NS(C)(=O)=O. The third-order valence-electron chi connectivity index (χ3n) is 2.27. The highest BCUT2D eigenvalue weighted by atomic mass is 32.2. The van der Waals surface area contributed by atoms with Crippen molar-refractivity contribution in [2.45, 2.75) is 0 Å². The first-order chi connectivity index (χ1) is 9.20. The van der Waals surface area contributed by atoms with Crippen LogP contribution in [0.4, 0.5) is 5.69 Å². The molecule has 0 aliphatic rings. The van der Waals surface area contributed by atoms with Gasteiger partial charge in [0.2, 0.25) is 10.0 Å². The van der Waals surface area contributed by atoms with Crippen LogP contribution in [0.15, 0.2) is 24.3 Å². The van der Waals surface area contributed by atoms with Gasteiger partial charge in [0.15, 0.2) is 6.61 Å². The summed E-state index contributed by atoms with van der Waals surface area (Å²) >= 11 is 0. The van der Waals surface area contributed by atoms with Crippen LogP contribution in [0.3, 0.4) is 0 Å². The summed E-state index contributed by atoms with van der Waals surface area (Å²) in [5.41, 5.74) is 0.154. The van der Waals surface area contributed by atoms with E-state index in [1.165, 1.54) is 31.1 Å². The zero-order chi connectivity index (χ0) is 15.3. The second kappa shape index (κ2) is 6.38. The van der Waals surface area contributed by atoms with Crippen molar-refractivity contribution in [3.05, 3.63) is 29.8 Å². The number of rotatable bonds is 5. The lowest BCUT2D eigenvalue weighted by Gasteiger charge is -2.12. The average molecular weight is 300 g/mol. The van der Waals surface area contributed by atoms with Crippen LogP contribution in [0.1, 0.15) is 10.4 Å². The molecule has 20 heavy (non-hydrogen) atoms. The fourth-order valence-electron chi connectivity index (χ4n) is 1.28. The molecule has 1 rings (SSSR count). The van der Waals surface area contributed by atoms with Crippen molar-refractivity contribution in [2.24, 2.45) is 0 Å². The normalized spacial score (nSPS) is 10.8. The van der Waals surface area contributed by atoms with Gasteiger partial charge in [-0.25, -0.2) is 13.2 Å². The maximum absolute atomic E-state index is 11.9. The first-order valence-electron chi connectivity index (χ1n) is 5.65. The Kier molecular flexibility index (Phi) is 5.09. The standard InChI is InChI=1S/C12H16N2O5S/c1-14(2)11(15)8-19-12(16)9-6-4-5-7-10(9)13-20(3,17)18/h4-7,13H,8H2,1-3H3. The number of ether oxygens (including phenoxy) is 1. The molecule has 0 aliphatic heterocycles. The number of carbonyl (C=O) groups excluding carboxylic acids is 2. The van der Waals surface area contributed by atoms with E-state index in [1.807, 2.05) is 0 Å². The number of nitrogens with zero attached hydrogens (tertiary/aromatic N) is 1. The number of sulfonamides is 1. The maximum Gasteiger partial charge on any atom is 0.340 e. The topological polar surface area (TPSA) is 92.8 Å². The highest BCUT2D eigenvalue weighted by Gasteiger charge is 2.16. The quantitative estimate of drug-likeness (QED) is 0.790. The number of likely N-dealkylation sites (N-methyl/N-ethyl adjacent to an activating group) is 1. The zero-order valence-corrected chi connectivity index (χ0v) is 12.2. The molecule has 8 heteroatoms. The van der Waals surface area contributed by atoms with E-state index in [9.17, 15) is 18.0 Å². The zero-order valence-electron chi connectivity index (χ0n) is 11.4. The van der Waals surface area contributed by atoms with Crippen molar-refractivity contribution in [3.8, 4) is 0 Å². The van der Waals surface area contributed by atoms with Gasteiger partial charge in [-0.2, -0.15) is 0 Å². The monoisotopic (exact) mass is 300 g/mol. The van der Waals surface area contributed by atoms with Gasteiger partial charge < -0.3 is 9.64 Å². The number of hydrogen-bond acceptors (Lipinski definition) is 5. The number of nitrogens with one attached hydrogen (secondary N) is 1. The minimum absolute atomic E-state index is 0.0458. The molecule has 1 aromatic rings. The van der Waals surface area contributed by atoms with E-state index in [4.69, 9.17) is 4.74 Å². The molecule has 1 aromatic carbocycles. The Morgan fingerprint density at radius 3 is 2.40 bits per heavy atom. The lowest BCUT2D eigenvalue weighted by molar-refractivity contribution is -0.131. The van der Waals surface area contributed by atoms with Gasteiger partial charge in [0, 0.05) is 14.1 Å². The summed E-state index contributed by atoms with van der Waals surface area (Å²) in [6.07, 6.45) is 0.977. The summed E-state index contributed by atoms with van der Waals surface area (Å²) in [4.78, 5) is 24.5. The number of amides is 1. The van der Waals surface area contributed by atoms with Gasteiger partial charge in [0.05, 0.1) is 17.5 Å². The predicted octanol–water partition coefficient (Wildman–Crippen LogP) is 0.303. The van der Waals surface area contributed by atoms with E-state index >= 15 is 0 Å². The van der Waals surface area contributed by atoms with Crippen LogP contribution in [0.25, 0.3) is 0 Å². The first kappa shape index (κ1) is 16.0. The van der Waals surface area contributed by atoms with Gasteiger partial charge in [-0.15, -0.1) is 0 Å². The fraction of sp³-hybridized carbons (Fsp3) is 0.333. The minimum Gasteiger partial charge on any atom is -0.452 e. The molecular formula is C12H16N2O5S. The molecule has 0 unspecified atom stereocenters. The predicted molar refractivity (Wildman–Crippen MR) is 73.9 cm³/mol. The molecule has 0 heterocycles. The van der Waals surface area contributed by atoms with Gasteiger partial charge in [0.1, 0.15) is 0 Å². The molecule has 0 aliphatic carbocycles. The number of carbonyl (C=O) groups is 2. The molecule has 0 fully saturated rings. The third kappa shape index (κ3) is 4.88. The van der Waals surface area contributed by atoms with Gasteiger partial charge in [-0.05, 0) is 12.1 Å². The van der Waals surface area contributed by atoms with Crippen LogP contribution in [0.2, 0.25) is 0 Å². The van der Waals surface area contributed by atoms with Gasteiger partial charge >= 0.3 is 5.97 Å². The molecule has 1 N–H and O–H groups in total. The van der Waals surface area contributed by atoms with Gasteiger partial charge in [-0.3, -0.25) is 9.52 Å². The van der Waals surface area contributed by atoms with E-state index < -0.39 is 22.6 Å². The van der Waals surface area contributed by atoms with Crippen LogP contribution >= 0.6 is 0 Å². The fourth-order valence-corrected chi connectivity index (χ4v) is 1.86. The Morgan fingerprint density at radius 2 is 1.85 bits per heavy atom. The van der Waals surface area contributed by atoms with Crippen molar-refractivity contribution < 1.29 is 22.7 Å². The smallest absolute Gasteiger partial charge is 0.340 e. The van der Waals surface area contributed by atoms with E-state index in [1.54, 1.807) is 12.1 Å². The van der Waals surface area contributed by atoms with E-state index in [0.717, 1.165) is 6.26 Å². The maximum atomic E-state index is 11.9. The second-order valence-electron chi connectivity index (χ2n) is 4.28. The molecule has 0 atom stereocenters. The summed E-state index contributed by atoms with van der Waals surface area (Å²) in [6, 6.07) is 5.99. The summed E-state index contributed by atoms with van der Waals surface area (Å²) in [5.74, 6) is -1.14. The van der Waals surface area contributed by atoms with E-state index in [0.29, 0.717) is 0 Å². The van der Waals surface area contributed by atoms with Crippen LogP contribution in [0.5, 0.6) is 0 Å². The lowest BCUT2D eigenvalue weighted by Crippen LogP contribution is -2.27. The van der Waals surface area contributed by atoms with E-state index in [-0.39, 0.29) is 17.2 Å². The Hall–Kier alpha value is -2.09. The molecule has 110 valence electrons. The highest BCUT2D eigenvalue weighted by molar-refractivity contribution is 7.92. The molecule has 0 radical (unpaired) electrons. The van der Waals surface area contributed by atoms with Crippen LogP contribution in [0, 0.1) is 0 Å². The molecule has 0 bridgehead atoms. The van der Waals surface area contributed by atoms with Crippen LogP contribution in [-0.2, 0) is 19.6 Å². The molecule has 0 spiro atoms. The van der Waals surface area contributed by atoms with Gasteiger partial charge in [-0.1, -0.05) is 12.1 Å².